The molecule has 6 nitrogen and oxygen atoms in total. The molecular weight excluding hydrogens is 384 g/mol. The minimum absolute atomic E-state index is 0.221. The first kappa shape index (κ1) is 21.9. The van der Waals surface area contributed by atoms with Crippen LogP contribution in [0.15, 0.2) is 42.5 Å². The van der Waals surface area contributed by atoms with Crippen molar-refractivity contribution in [2.24, 2.45) is 0 Å². The molecule has 0 bridgehead atoms. The van der Waals surface area contributed by atoms with Crippen LogP contribution in [-0.4, -0.2) is 31.7 Å². The van der Waals surface area contributed by atoms with Gasteiger partial charge in [0.2, 0.25) is 0 Å². The Balaban J connectivity index is 1.90. The van der Waals surface area contributed by atoms with Crippen LogP contribution in [0.25, 0.3) is 6.08 Å². The lowest BCUT2D eigenvalue weighted by atomic mass is 10.2. The summed E-state index contributed by atoms with van der Waals surface area (Å²) in [6.07, 6.45) is 2.54. The standard InChI is InChI=1S/C21H21F2NO5/c1-4-5-14-6-9-18(19(10-14)27-3)28-12-20(25)29-13(2)21(26)24-17-8-7-15(22)11-16(17)23/h4-11,13H,12H2,1-3H3,(H,24,26)/b5-4+/t13-/m1/s1. The molecule has 0 spiro atoms. The van der Waals surface area contributed by atoms with Crippen molar-refractivity contribution in [3.8, 4) is 11.5 Å². The molecule has 0 aliphatic carbocycles. The number of nitrogens with one attached hydrogen (secondary N) is 1. The fourth-order valence-corrected chi connectivity index (χ4v) is 2.35. The van der Waals surface area contributed by atoms with E-state index >= 15 is 0 Å². The first-order valence-corrected chi connectivity index (χ1v) is 8.73. The average molecular weight is 405 g/mol. The molecular formula is C21H21F2NO5. The number of methoxy groups -OCH3 is 1. The van der Waals surface area contributed by atoms with E-state index < -0.39 is 36.2 Å². The van der Waals surface area contributed by atoms with Crippen LogP contribution in [0.2, 0.25) is 0 Å². The van der Waals surface area contributed by atoms with Crippen LogP contribution in [0, 0.1) is 11.6 Å². The van der Waals surface area contributed by atoms with Gasteiger partial charge in [0.05, 0.1) is 12.8 Å². The molecule has 8 heteroatoms. The monoisotopic (exact) mass is 405 g/mol. The highest BCUT2D eigenvalue weighted by Gasteiger charge is 2.20. The molecule has 29 heavy (non-hydrogen) atoms. The molecule has 0 heterocycles. The summed E-state index contributed by atoms with van der Waals surface area (Å²) in [4.78, 5) is 24.0. The fourth-order valence-electron chi connectivity index (χ4n) is 2.35. The molecule has 0 aliphatic heterocycles. The molecule has 2 aromatic carbocycles. The number of carbonyl (C=O) groups is 2. The van der Waals surface area contributed by atoms with E-state index in [1.807, 2.05) is 19.1 Å². The first-order valence-electron chi connectivity index (χ1n) is 8.73. The van der Waals surface area contributed by atoms with Crippen LogP contribution < -0.4 is 14.8 Å². The Morgan fingerprint density at radius 3 is 2.55 bits per heavy atom. The summed E-state index contributed by atoms with van der Waals surface area (Å²) in [5.74, 6) is -2.50. The number of hydrogen-bond acceptors (Lipinski definition) is 5. The second-order valence-electron chi connectivity index (χ2n) is 5.94. The molecule has 0 saturated carbocycles. The van der Waals surface area contributed by atoms with E-state index in [1.165, 1.54) is 14.0 Å². The van der Waals surface area contributed by atoms with E-state index in [9.17, 15) is 18.4 Å². The summed E-state index contributed by atoms with van der Waals surface area (Å²) in [5, 5.41) is 2.23. The zero-order valence-corrected chi connectivity index (χ0v) is 16.2. The van der Waals surface area contributed by atoms with Crippen molar-refractivity contribution in [3.63, 3.8) is 0 Å². The fraction of sp³-hybridized carbons (Fsp3) is 0.238. The van der Waals surface area contributed by atoms with Gasteiger partial charge in [0.25, 0.3) is 5.91 Å². The van der Waals surface area contributed by atoms with Crippen molar-refractivity contribution in [1.29, 1.82) is 0 Å². The van der Waals surface area contributed by atoms with Gasteiger partial charge in [0.15, 0.2) is 24.2 Å². The largest absolute Gasteiger partial charge is 0.493 e. The Morgan fingerprint density at radius 2 is 1.90 bits per heavy atom. The SMILES string of the molecule is C/C=C/c1ccc(OCC(=O)O[C@H](C)C(=O)Nc2ccc(F)cc2F)c(OC)c1. The van der Waals surface area contributed by atoms with E-state index in [4.69, 9.17) is 14.2 Å². The maximum absolute atomic E-state index is 13.6. The summed E-state index contributed by atoms with van der Waals surface area (Å²) < 4.78 is 42.1. The number of esters is 1. The van der Waals surface area contributed by atoms with Crippen molar-refractivity contribution < 1.29 is 32.6 Å². The zero-order valence-electron chi connectivity index (χ0n) is 16.2. The highest BCUT2D eigenvalue weighted by Crippen LogP contribution is 2.28. The average Bonchev–Trinajstić information content (AvgIpc) is 2.69. The third-order valence-electron chi connectivity index (χ3n) is 3.76. The van der Waals surface area contributed by atoms with Crippen LogP contribution in [-0.2, 0) is 14.3 Å². The molecule has 0 radical (unpaired) electrons. The van der Waals surface area contributed by atoms with Gasteiger partial charge in [-0.3, -0.25) is 4.79 Å². The zero-order chi connectivity index (χ0) is 21.4. The van der Waals surface area contributed by atoms with E-state index in [1.54, 1.807) is 18.2 Å². The molecule has 0 fully saturated rings. The number of benzene rings is 2. The highest BCUT2D eigenvalue weighted by atomic mass is 19.1. The number of anilines is 1. The lowest BCUT2D eigenvalue weighted by Crippen LogP contribution is -2.32. The highest BCUT2D eigenvalue weighted by molar-refractivity contribution is 5.95. The number of rotatable bonds is 8. The van der Waals surface area contributed by atoms with E-state index in [0.29, 0.717) is 17.6 Å². The third-order valence-corrected chi connectivity index (χ3v) is 3.76. The van der Waals surface area contributed by atoms with Crippen molar-refractivity contribution in [2.45, 2.75) is 20.0 Å². The van der Waals surface area contributed by atoms with Gasteiger partial charge >= 0.3 is 5.97 Å². The molecule has 0 saturated heterocycles. The lowest BCUT2D eigenvalue weighted by molar-refractivity contribution is -0.155. The van der Waals surface area contributed by atoms with Crippen LogP contribution in [0.1, 0.15) is 19.4 Å². The summed E-state index contributed by atoms with van der Waals surface area (Å²) >= 11 is 0. The molecule has 2 rings (SSSR count). The number of halogens is 2. The predicted molar refractivity (Wildman–Crippen MR) is 104 cm³/mol. The Hall–Kier alpha value is -3.42. The second-order valence-corrected chi connectivity index (χ2v) is 5.94. The van der Waals surface area contributed by atoms with Crippen LogP contribution in [0.3, 0.4) is 0 Å². The van der Waals surface area contributed by atoms with E-state index in [0.717, 1.165) is 17.7 Å². The summed E-state index contributed by atoms with van der Waals surface area (Å²) in [6, 6.07) is 7.89. The number of hydrogen-bond donors (Lipinski definition) is 1. The summed E-state index contributed by atoms with van der Waals surface area (Å²) in [6.45, 7) is 2.75. The Bertz CT molecular complexity index is 914. The van der Waals surface area contributed by atoms with E-state index in [2.05, 4.69) is 5.32 Å². The van der Waals surface area contributed by atoms with Crippen LogP contribution in [0.5, 0.6) is 11.5 Å². The Kier molecular flexibility index (Phi) is 7.70. The molecule has 154 valence electrons. The lowest BCUT2D eigenvalue weighted by Gasteiger charge is -2.15. The molecule has 1 N–H and O–H groups in total. The van der Waals surface area contributed by atoms with Gasteiger partial charge in [-0.15, -0.1) is 0 Å². The van der Waals surface area contributed by atoms with Crippen molar-refractivity contribution >= 4 is 23.6 Å². The van der Waals surface area contributed by atoms with Gasteiger partial charge in [-0.05, 0) is 43.7 Å². The van der Waals surface area contributed by atoms with Crippen LogP contribution >= 0.6 is 0 Å². The second kappa shape index (κ2) is 10.2. The van der Waals surface area contributed by atoms with Gasteiger partial charge in [0, 0.05) is 6.07 Å². The van der Waals surface area contributed by atoms with Crippen molar-refractivity contribution in [3.05, 3.63) is 59.7 Å². The number of carbonyl (C=O) groups excluding carboxylic acids is 2. The first-order chi connectivity index (χ1) is 13.8. The molecule has 1 atom stereocenters. The van der Waals surface area contributed by atoms with E-state index in [-0.39, 0.29) is 5.69 Å². The van der Waals surface area contributed by atoms with Gasteiger partial charge in [-0.25, -0.2) is 13.6 Å². The molecule has 2 aromatic rings. The van der Waals surface area contributed by atoms with Gasteiger partial charge < -0.3 is 19.5 Å². The third kappa shape index (κ3) is 6.31. The normalized spacial score (nSPS) is 11.8. The maximum Gasteiger partial charge on any atom is 0.344 e. The molecule has 1 amide bonds. The maximum atomic E-state index is 13.6. The minimum Gasteiger partial charge on any atom is -0.493 e. The van der Waals surface area contributed by atoms with Crippen LogP contribution in [0.4, 0.5) is 14.5 Å². The van der Waals surface area contributed by atoms with Crippen molar-refractivity contribution in [2.75, 3.05) is 19.0 Å². The number of allylic oxidation sites excluding steroid dienone is 1. The van der Waals surface area contributed by atoms with Gasteiger partial charge in [-0.1, -0.05) is 18.2 Å². The Labute approximate surface area is 167 Å². The molecule has 0 unspecified atom stereocenters. The topological polar surface area (TPSA) is 73.9 Å². The van der Waals surface area contributed by atoms with Gasteiger partial charge in [-0.2, -0.15) is 0 Å². The quantitative estimate of drug-likeness (QED) is 0.673. The number of amides is 1. The van der Waals surface area contributed by atoms with Crippen molar-refractivity contribution in [1.82, 2.24) is 0 Å². The molecule has 0 aromatic heterocycles. The minimum atomic E-state index is -1.21. The number of ether oxygens (including phenoxy) is 3. The van der Waals surface area contributed by atoms with Gasteiger partial charge in [0.1, 0.15) is 11.6 Å². The smallest absolute Gasteiger partial charge is 0.344 e. The predicted octanol–water partition coefficient (Wildman–Crippen LogP) is 3.96. The molecule has 0 aliphatic rings. The Morgan fingerprint density at radius 1 is 1.14 bits per heavy atom. The summed E-state index contributed by atoms with van der Waals surface area (Å²) in [7, 11) is 1.47. The summed E-state index contributed by atoms with van der Waals surface area (Å²) in [5.41, 5.74) is 0.680.